The summed E-state index contributed by atoms with van der Waals surface area (Å²) in [6.45, 7) is 5.92. The molecule has 2 aromatic rings. The summed E-state index contributed by atoms with van der Waals surface area (Å²) in [4.78, 5) is 13.5. The highest BCUT2D eigenvalue weighted by Crippen LogP contribution is 2.25. The van der Waals surface area contributed by atoms with Gasteiger partial charge < -0.3 is 20.1 Å². The van der Waals surface area contributed by atoms with Crippen LogP contribution in [0.5, 0.6) is 11.8 Å². The number of nitrogens with one attached hydrogen (secondary N) is 2. The number of hydrogen-bond donors (Lipinski definition) is 2. The van der Waals surface area contributed by atoms with Crippen LogP contribution in [0.2, 0.25) is 0 Å². The summed E-state index contributed by atoms with van der Waals surface area (Å²) >= 11 is 0. The third kappa shape index (κ3) is 5.71. The van der Waals surface area contributed by atoms with Gasteiger partial charge in [-0.25, -0.2) is 0 Å². The molecule has 0 unspecified atom stereocenters. The molecule has 1 aromatic heterocycles. The molecule has 7 heteroatoms. The number of anilines is 3. The van der Waals surface area contributed by atoms with Gasteiger partial charge in [-0.05, 0) is 57.4 Å². The quantitative estimate of drug-likeness (QED) is 0.659. The molecule has 1 aliphatic rings. The van der Waals surface area contributed by atoms with Gasteiger partial charge in [0.2, 0.25) is 11.9 Å². The molecule has 152 valence electrons. The van der Waals surface area contributed by atoms with Crippen LogP contribution in [0.4, 0.5) is 17.6 Å². The number of ether oxygens (including phenoxy) is 2. The highest BCUT2D eigenvalue weighted by Gasteiger charge is 2.16. The summed E-state index contributed by atoms with van der Waals surface area (Å²) in [5.41, 5.74) is 1.93. The zero-order valence-corrected chi connectivity index (χ0v) is 17.3. The second-order valence-corrected chi connectivity index (χ2v) is 7.57. The normalized spacial score (nSPS) is 15.2. The van der Waals surface area contributed by atoms with Gasteiger partial charge in [0.1, 0.15) is 5.75 Å². The Labute approximate surface area is 167 Å². The number of hydrogen-bond acceptors (Lipinski definition) is 7. The molecule has 0 saturated heterocycles. The first kappa shape index (κ1) is 20.2. The molecule has 0 bridgehead atoms. The fourth-order valence-corrected chi connectivity index (χ4v) is 3.43. The van der Waals surface area contributed by atoms with Crippen LogP contribution in [-0.4, -0.2) is 34.2 Å². The van der Waals surface area contributed by atoms with Crippen molar-refractivity contribution in [2.45, 2.75) is 71.4 Å². The second kappa shape index (κ2) is 9.57. The largest absolute Gasteiger partial charge is 0.496 e. The topological polar surface area (TPSA) is 81.2 Å². The summed E-state index contributed by atoms with van der Waals surface area (Å²) in [7, 11) is 1.67. The molecule has 1 saturated carbocycles. The van der Waals surface area contributed by atoms with Crippen molar-refractivity contribution in [1.29, 1.82) is 0 Å². The highest BCUT2D eigenvalue weighted by molar-refractivity contribution is 5.58. The number of rotatable bonds is 7. The van der Waals surface area contributed by atoms with E-state index >= 15 is 0 Å². The first-order valence-electron chi connectivity index (χ1n) is 10.1. The number of nitrogens with zero attached hydrogens (tertiary/aromatic N) is 3. The van der Waals surface area contributed by atoms with Crippen molar-refractivity contribution in [2.75, 3.05) is 17.7 Å². The zero-order chi connectivity index (χ0) is 19.9. The average Bonchev–Trinajstić information content (AvgIpc) is 2.90. The fraction of sp³-hybridized carbons (Fsp3) is 0.571. The molecule has 1 aromatic carbocycles. The monoisotopic (exact) mass is 385 g/mol. The Bertz CT molecular complexity index is 773. The average molecular weight is 386 g/mol. The van der Waals surface area contributed by atoms with E-state index < -0.39 is 0 Å². The van der Waals surface area contributed by atoms with E-state index in [-0.39, 0.29) is 6.10 Å². The molecule has 0 radical (unpaired) electrons. The second-order valence-electron chi connectivity index (χ2n) is 7.57. The number of aryl methyl sites for hydroxylation is 1. The molecule has 0 atom stereocenters. The lowest BCUT2D eigenvalue weighted by molar-refractivity contribution is 0.222. The molecular formula is C21H31N5O2. The molecule has 0 amide bonds. The molecule has 0 aliphatic heterocycles. The third-order valence-electron chi connectivity index (χ3n) is 4.80. The van der Waals surface area contributed by atoms with Gasteiger partial charge in [0.15, 0.2) is 0 Å². The van der Waals surface area contributed by atoms with E-state index in [9.17, 15) is 0 Å². The van der Waals surface area contributed by atoms with E-state index in [1.165, 1.54) is 25.7 Å². The van der Waals surface area contributed by atoms with Gasteiger partial charge in [0.25, 0.3) is 0 Å². The molecule has 3 rings (SSSR count). The standard InChI is InChI=1S/C21H31N5O2/c1-14(2)28-21-25-19(22-16-9-7-5-6-8-10-16)24-20(26-21)23-17-11-12-18(27-4)15(3)13-17/h11-14,16H,5-10H2,1-4H3,(H2,22,23,24,25,26). The van der Waals surface area contributed by atoms with Crippen molar-refractivity contribution in [3.05, 3.63) is 23.8 Å². The summed E-state index contributed by atoms with van der Waals surface area (Å²) in [6, 6.07) is 6.59. The summed E-state index contributed by atoms with van der Waals surface area (Å²) < 4.78 is 11.1. The Morgan fingerprint density at radius 2 is 1.71 bits per heavy atom. The van der Waals surface area contributed by atoms with Crippen LogP contribution in [0.3, 0.4) is 0 Å². The Balaban J connectivity index is 1.81. The van der Waals surface area contributed by atoms with Gasteiger partial charge in [-0.1, -0.05) is 25.7 Å². The Morgan fingerprint density at radius 1 is 1.00 bits per heavy atom. The maximum atomic E-state index is 5.75. The van der Waals surface area contributed by atoms with Gasteiger partial charge in [-0.2, -0.15) is 15.0 Å². The Morgan fingerprint density at radius 3 is 2.36 bits per heavy atom. The summed E-state index contributed by atoms with van der Waals surface area (Å²) in [5.74, 6) is 1.87. The third-order valence-corrected chi connectivity index (χ3v) is 4.80. The number of aromatic nitrogens is 3. The van der Waals surface area contributed by atoms with E-state index in [1.807, 2.05) is 39.0 Å². The minimum Gasteiger partial charge on any atom is -0.496 e. The van der Waals surface area contributed by atoms with Crippen molar-refractivity contribution in [3.8, 4) is 11.8 Å². The number of methoxy groups -OCH3 is 1. The predicted molar refractivity (Wildman–Crippen MR) is 112 cm³/mol. The fourth-order valence-electron chi connectivity index (χ4n) is 3.43. The molecule has 28 heavy (non-hydrogen) atoms. The van der Waals surface area contributed by atoms with Crippen LogP contribution in [0.15, 0.2) is 18.2 Å². The van der Waals surface area contributed by atoms with Crippen LogP contribution in [0.1, 0.15) is 57.9 Å². The van der Waals surface area contributed by atoms with Crippen molar-refractivity contribution in [1.82, 2.24) is 15.0 Å². The maximum Gasteiger partial charge on any atom is 0.323 e. The molecule has 1 aliphatic carbocycles. The van der Waals surface area contributed by atoms with Crippen LogP contribution in [0.25, 0.3) is 0 Å². The zero-order valence-electron chi connectivity index (χ0n) is 17.3. The minimum absolute atomic E-state index is 0.00999. The molecular weight excluding hydrogens is 354 g/mol. The maximum absolute atomic E-state index is 5.75. The van der Waals surface area contributed by atoms with Gasteiger partial charge >= 0.3 is 6.01 Å². The van der Waals surface area contributed by atoms with Crippen LogP contribution in [-0.2, 0) is 0 Å². The van der Waals surface area contributed by atoms with Crippen molar-refractivity contribution >= 4 is 17.6 Å². The van der Waals surface area contributed by atoms with Gasteiger partial charge in [-0.3, -0.25) is 0 Å². The van der Waals surface area contributed by atoms with E-state index in [4.69, 9.17) is 9.47 Å². The Kier molecular flexibility index (Phi) is 6.90. The number of benzene rings is 1. The van der Waals surface area contributed by atoms with Crippen molar-refractivity contribution in [2.24, 2.45) is 0 Å². The molecule has 7 nitrogen and oxygen atoms in total. The van der Waals surface area contributed by atoms with Gasteiger partial charge in [0, 0.05) is 11.7 Å². The Hall–Kier alpha value is -2.57. The molecule has 1 fully saturated rings. The first-order chi connectivity index (χ1) is 13.5. The van der Waals surface area contributed by atoms with Crippen LogP contribution in [0, 0.1) is 6.92 Å². The van der Waals surface area contributed by atoms with Crippen LogP contribution >= 0.6 is 0 Å². The van der Waals surface area contributed by atoms with Crippen molar-refractivity contribution < 1.29 is 9.47 Å². The molecule has 2 N–H and O–H groups in total. The highest BCUT2D eigenvalue weighted by atomic mass is 16.5. The lowest BCUT2D eigenvalue weighted by Crippen LogP contribution is -2.21. The van der Waals surface area contributed by atoms with E-state index in [2.05, 4.69) is 25.6 Å². The lowest BCUT2D eigenvalue weighted by Gasteiger charge is -2.18. The lowest BCUT2D eigenvalue weighted by atomic mass is 10.1. The predicted octanol–water partition coefficient (Wildman–Crippen LogP) is 4.85. The smallest absolute Gasteiger partial charge is 0.323 e. The van der Waals surface area contributed by atoms with Gasteiger partial charge in [-0.15, -0.1) is 0 Å². The van der Waals surface area contributed by atoms with Crippen LogP contribution < -0.4 is 20.1 Å². The van der Waals surface area contributed by atoms with Crippen molar-refractivity contribution in [3.63, 3.8) is 0 Å². The summed E-state index contributed by atoms with van der Waals surface area (Å²) in [5, 5.41) is 6.75. The van der Waals surface area contributed by atoms with E-state index in [0.717, 1.165) is 29.8 Å². The van der Waals surface area contributed by atoms with Gasteiger partial charge in [0.05, 0.1) is 13.2 Å². The summed E-state index contributed by atoms with van der Waals surface area (Å²) in [6.07, 6.45) is 7.38. The van der Waals surface area contributed by atoms with E-state index in [1.54, 1.807) is 7.11 Å². The van der Waals surface area contributed by atoms with E-state index in [0.29, 0.717) is 23.9 Å². The molecule has 0 spiro atoms. The SMILES string of the molecule is COc1ccc(Nc2nc(NC3CCCCCC3)nc(OC(C)C)n2)cc1C. The minimum atomic E-state index is -0.00999. The first-order valence-corrected chi connectivity index (χ1v) is 10.1. The molecule has 1 heterocycles.